The van der Waals surface area contributed by atoms with Crippen LogP contribution in [0, 0.1) is 0 Å². The van der Waals surface area contributed by atoms with Gasteiger partial charge in [0.1, 0.15) is 41.3 Å². The summed E-state index contributed by atoms with van der Waals surface area (Å²) in [4.78, 5) is 24.1. The smallest absolute Gasteiger partial charge is 0.379 e. The third-order valence-corrected chi connectivity index (χ3v) is 5.90. The second-order valence-corrected chi connectivity index (χ2v) is 8.31. The van der Waals surface area contributed by atoms with Crippen molar-refractivity contribution in [3.63, 3.8) is 0 Å². The first kappa shape index (κ1) is 24.7. The molecule has 1 aliphatic rings. The largest absolute Gasteiger partial charge is 0.493 e. The van der Waals surface area contributed by atoms with Gasteiger partial charge in [0, 0.05) is 29.0 Å². The van der Waals surface area contributed by atoms with Crippen LogP contribution in [0.4, 0.5) is 0 Å². The van der Waals surface area contributed by atoms with Crippen LogP contribution in [0.15, 0.2) is 67.0 Å². The highest BCUT2D eigenvalue weighted by Crippen LogP contribution is 2.36. The Morgan fingerprint density at radius 2 is 1.54 bits per heavy atom. The third kappa shape index (κ3) is 4.75. The fourth-order valence-corrected chi connectivity index (χ4v) is 3.95. The Kier molecular flexibility index (Phi) is 6.58. The highest BCUT2D eigenvalue weighted by Gasteiger charge is 2.45. The molecule has 12 nitrogen and oxygen atoms in total. The molecule has 0 aliphatic carbocycles. The summed E-state index contributed by atoms with van der Waals surface area (Å²) in [6.45, 7) is -0.624. The van der Waals surface area contributed by atoms with Gasteiger partial charge in [-0.25, -0.2) is 9.59 Å². The normalized spacial score (nSPS) is 23.8. The molecule has 0 bridgehead atoms. The van der Waals surface area contributed by atoms with Crippen molar-refractivity contribution in [2.24, 2.45) is 0 Å². The lowest BCUT2D eigenvalue weighted by Crippen LogP contribution is -2.60. The predicted octanol–water partition coefficient (Wildman–Crippen LogP) is 0.879. The summed E-state index contributed by atoms with van der Waals surface area (Å²) < 4.78 is 32.6. The van der Waals surface area contributed by atoms with E-state index in [-0.39, 0.29) is 34.2 Å². The molecule has 194 valence electrons. The zero-order valence-electron chi connectivity index (χ0n) is 19.3. The number of fused-ring (bicyclic) bond motifs is 2. The molecule has 37 heavy (non-hydrogen) atoms. The fourth-order valence-electron chi connectivity index (χ4n) is 3.95. The third-order valence-electron chi connectivity index (χ3n) is 5.90. The van der Waals surface area contributed by atoms with Gasteiger partial charge in [-0.2, -0.15) is 0 Å². The maximum absolute atomic E-state index is 12.6. The van der Waals surface area contributed by atoms with Crippen molar-refractivity contribution in [1.82, 2.24) is 0 Å². The number of ether oxygens (including phenoxy) is 4. The van der Waals surface area contributed by atoms with E-state index >= 15 is 0 Å². The van der Waals surface area contributed by atoms with Gasteiger partial charge in [0.25, 0.3) is 0 Å². The van der Waals surface area contributed by atoms with Crippen LogP contribution in [-0.4, -0.2) is 64.8 Å². The average molecular weight is 514 g/mol. The van der Waals surface area contributed by atoms with E-state index in [1.165, 1.54) is 37.4 Å². The molecule has 1 fully saturated rings. The Bertz CT molecular complexity index is 1560. The molecule has 0 saturated carbocycles. The molecule has 0 unspecified atom stereocenters. The summed E-state index contributed by atoms with van der Waals surface area (Å²) in [6, 6.07) is 11.9. The van der Waals surface area contributed by atoms with E-state index in [0.29, 0.717) is 10.8 Å². The maximum atomic E-state index is 12.6. The second-order valence-electron chi connectivity index (χ2n) is 8.31. The minimum absolute atomic E-state index is 0.000654. The number of hydrogen-bond acceptors (Lipinski definition) is 12. The number of aliphatic hydroxyl groups is 4. The number of hydrogen-bond donors (Lipinski definition) is 4. The number of aliphatic hydroxyl groups excluding tert-OH is 4. The van der Waals surface area contributed by atoms with Crippen LogP contribution in [0.25, 0.3) is 21.9 Å². The Balaban J connectivity index is 1.45. The molecule has 0 amide bonds. The van der Waals surface area contributed by atoms with Gasteiger partial charge in [0.2, 0.25) is 12.0 Å². The molecule has 4 aromatic rings. The number of rotatable bonds is 6. The van der Waals surface area contributed by atoms with Crippen molar-refractivity contribution in [3.8, 4) is 23.0 Å². The van der Waals surface area contributed by atoms with Crippen LogP contribution in [0.2, 0.25) is 0 Å². The van der Waals surface area contributed by atoms with Gasteiger partial charge in [-0.15, -0.1) is 0 Å². The first-order valence-electron chi connectivity index (χ1n) is 11.1. The lowest BCUT2D eigenvalue weighted by molar-refractivity contribution is -0.277. The van der Waals surface area contributed by atoms with E-state index < -0.39 is 48.6 Å². The second kappa shape index (κ2) is 9.84. The van der Waals surface area contributed by atoms with Crippen molar-refractivity contribution in [2.75, 3.05) is 13.7 Å². The molecular formula is C25H22O12. The summed E-state index contributed by atoms with van der Waals surface area (Å²) in [6.07, 6.45) is -7.47. The monoisotopic (exact) mass is 514 g/mol. The molecule has 12 heteroatoms. The van der Waals surface area contributed by atoms with Crippen molar-refractivity contribution >= 4 is 21.9 Å². The lowest BCUT2D eigenvalue weighted by Gasteiger charge is -2.39. The first-order valence-corrected chi connectivity index (χ1v) is 11.1. The highest BCUT2D eigenvalue weighted by molar-refractivity contribution is 5.82. The van der Waals surface area contributed by atoms with Crippen LogP contribution < -0.4 is 25.5 Å². The predicted molar refractivity (Wildman–Crippen MR) is 126 cm³/mol. The maximum Gasteiger partial charge on any atom is 0.379 e. The van der Waals surface area contributed by atoms with Crippen LogP contribution in [0.1, 0.15) is 0 Å². The summed E-state index contributed by atoms with van der Waals surface area (Å²) in [7, 11) is 1.36. The number of methoxy groups -OCH3 is 1. The Morgan fingerprint density at radius 1 is 0.811 bits per heavy atom. The molecule has 1 aliphatic heterocycles. The summed E-state index contributed by atoms with van der Waals surface area (Å²) >= 11 is 0. The standard InChI is InChI=1S/C25H22O12/c1-32-16-6-12-7-18(33-13-4-2-11-3-5-20(27)34-14(11)8-13)24(31)35-15(12)9-17(16)36-25-23(30)22(29)21(28)19(10-26)37-25/h2-9,19,21-23,25-26,28-30H,10H2,1H3/t19-,21+,22+,23-,25-/m1/s1. The first-order chi connectivity index (χ1) is 17.8. The van der Waals surface area contributed by atoms with Gasteiger partial charge in [0.05, 0.1) is 13.7 Å². The van der Waals surface area contributed by atoms with E-state index in [1.54, 1.807) is 18.2 Å². The van der Waals surface area contributed by atoms with Crippen molar-refractivity contribution in [1.29, 1.82) is 0 Å². The summed E-state index contributed by atoms with van der Waals surface area (Å²) in [5.74, 6) is 0.260. The summed E-state index contributed by atoms with van der Waals surface area (Å²) in [5.41, 5.74) is -0.969. The Morgan fingerprint density at radius 3 is 2.30 bits per heavy atom. The molecule has 5 rings (SSSR count). The molecule has 5 atom stereocenters. The van der Waals surface area contributed by atoms with Gasteiger partial charge < -0.3 is 48.2 Å². The van der Waals surface area contributed by atoms with Crippen molar-refractivity contribution in [3.05, 3.63) is 69.4 Å². The Hall–Kier alpha value is -3.94. The highest BCUT2D eigenvalue weighted by atomic mass is 16.7. The van der Waals surface area contributed by atoms with Crippen LogP contribution in [-0.2, 0) is 4.74 Å². The van der Waals surface area contributed by atoms with Crippen LogP contribution in [0.5, 0.6) is 23.0 Å². The van der Waals surface area contributed by atoms with Gasteiger partial charge in [-0.05, 0) is 30.3 Å². The van der Waals surface area contributed by atoms with Crippen molar-refractivity contribution < 1.29 is 48.2 Å². The molecule has 1 saturated heterocycles. The summed E-state index contributed by atoms with van der Waals surface area (Å²) in [5, 5.41) is 40.7. The minimum Gasteiger partial charge on any atom is -0.493 e. The van der Waals surface area contributed by atoms with Gasteiger partial charge in [0.15, 0.2) is 11.5 Å². The molecule has 4 N–H and O–H groups in total. The zero-order chi connectivity index (χ0) is 26.3. The van der Waals surface area contributed by atoms with E-state index in [0.717, 1.165) is 0 Å². The minimum atomic E-state index is -1.65. The van der Waals surface area contributed by atoms with Gasteiger partial charge in [-0.1, -0.05) is 0 Å². The molecule has 2 aromatic carbocycles. The van der Waals surface area contributed by atoms with E-state index in [9.17, 15) is 30.0 Å². The van der Waals surface area contributed by atoms with Crippen LogP contribution in [0.3, 0.4) is 0 Å². The molecule has 0 radical (unpaired) electrons. The lowest BCUT2D eigenvalue weighted by atomic mass is 9.99. The quantitative estimate of drug-likeness (QED) is 0.267. The average Bonchev–Trinajstić information content (AvgIpc) is 2.89. The zero-order valence-corrected chi connectivity index (χ0v) is 19.3. The van der Waals surface area contributed by atoms with Crippen molar-refractivity contribution in [2.45, 2.75) is 30.7 Å². The SMILES string of the molecule is COc1cc2cc(Oc3ccc4ccc(=O)oc4c3)c(=O)oc2cc1O[C@@H]1O[C@H](CO)[C@H](O)[C@H](O)[C@H]1O. The molecule has 0 spiro atoms. The van der Waals surface area contributed by atoms with E-state index in [1.807, 2.05) is 0 Å². The fraction of sp³-hybridized carbons (Fsp3) is 0.280. The van der Waals surface area contributed by atoms with Gasteiger partial charge >= 0.3 is 11.3 Å². The molecule has 3 heterocycles. The topological polar surface area (TPSA) is 178 Å². The van der Waals surface area contributed by atoms with Crippen LogP contribution >= 0.6 is 0 Å². The van der Waals surface area contributed by atoms with E-state index in [2.05, 4.69) is 0 Å². The molecule has 2 aromatic heterocycles. The van der Waals surface area contributed by atoms with Gasteiger partial charge in [-0.3, -0.25) is 0 Å². The van der Waals surface area contributed by atoms with E-state index in [4.69, 9.17) is 27.8 Å². The Labute approximate surface area is 207 Å². The molecular weight excluding hydrogens is 492 g/mol. The number of benzene rings is 2.